The average Bonchev–Trinajstić information content (AvgIpc) is 2.87. The molecule has 6 nitrogen and oxygen atoms in total. The zero-order valence-electron chi connectivity index (χ0n) is 9.88. The van der Waals surface area contributed by atoms with E-state index in [1.54, 1.807) is 6.92 Å². The van der Waals surface area contributed by atoms with E-state index in [4.69, 9.17) is 10.2 Å². The van der Waals surface area contributed by atoms with E-state index in [-0.39, 0.29) is 11.1 Å². The van der Waals surface area contributed by atoms with Gasteiger partial charge < -0.3 is 10.2 Å². The summed E-state index contributed by atoms with van der Waals surface area (Å²) in [7, 11) is 0. The van der Waals surface area contributed by atoms with E-state index in [0.29, 0.717) is 5.56 Å². The van der Waals surface area contributed by atoms with Gasteiger partial charge in [-0.3, -0.25) is 0 Å². The number of benzene rings is 1. The zero-order valence-corrected chi connectivity index (χ0v) is 9.88. The zero-order chi connectivity index (χ0) is 13.5. The number of aromatic carboxylic acids is 2. The molecule has 1 aromatic rings. The third kappa shape index (κ3) is 4.15. The van der Waals surface area contributed by atoms with Crippen LogP contribution in [-0.4, -0.2) is 35.4 Å². The second-order valence-corrected chi connectivity index (χ2v) is 3.64. The van der Waals surface area contributed by atoms with Crippen molar-refractivity contribution >= 4 is 11.9 Å². The number of hydrogen-bond acceptors (Lipinski definition) is 4. The predicted molar refractivity (Wildman–Crippen MR) is 61.6 cm³/mol. The number of carboxylic acid groups (broad SMARTS) is 2. The summed E-state index contributed by atoms with van der Waals surface area (Å²) in [5.41, 5.74) is 0.570. The van der Waals surface area contributed by atoms with Crippen LogP contribution in [-0.2, 0) is 9.78 Å². The third-order valence-electron chi connectivity index (χ3n) is 2.25. The van der Waals surface area contributed by atoms with Crippen molar-refractivity contribution in [1.29, 1.82) is 0 Å². The van der Waals surface area contributed by atoms with Crippen LogP contribution < -0.4 is 0 Å². The highest BCUT2D eigenvalue weighted by Crippen LogP contribution is 2.11. The highest BCUT2D eigenvalue weighted by molar-refractivity contribution is 5.94. The van der Waals surface area contributed by atoms with Gasteiger partial charge in [0.2, 0.25) is 0 Å². The molecule has 2 N–H and O–H groups in total. The second kappa shape index (κ2) is 6.73. The van der Waals surface area contributed by atoms with E-state index in [2.05, 4.69) is 9.78 Å². The fraction of sp³-hybridized carbons (Fsp3) is 0.333. The van der Waals surface area contributed by atoms with Gasteiger partial charge in [-0.2, -0.15) is 0 Å². The van der Waals surface area contributed by atoms with Crippen molar-refractivity contribution in [3.05, 3.63) is 34.9 Å². The van der Waals surface area contributed by atoms with Crippen LogP contribution in [0.5, 0.6) is 0 Å². The molecule has 0 amide bonds. The molecule has 0 spiro atoms. The lowest BCUT2D eigenvalue weighted by atomic mass is 10.1. The van der Waals surface area contributed by atoms with Gasteiger partial charge in [0.1, 0.15) is 0 Å². The summed E-state index contributed by atoms with van der Waals surface area (Å²) in [6, 6.07) is 4.01. The lowest BCUT2D eigenvalue weighted by molar-refractivity contribution is -0.248. The van der Waals surface area contributed by atoms with Crippen molar-refractivity contribution in [3.63, 3.8) is 0 Å². The SMILES string of the molecule is C1COOC1.Cc1ccc(C(=O)O)cc1C(=O)O. The van der Waals surface area contributed by atoms with Gasteiger partial charge >= 0.3 is 11.9 Å². The van der Waals surface area contributed by atoms with Crippen molar-refractivity contribution in [2.75, 3.05) is 13.2 Å². The van der Waals surface area contributed by atoms with Crippen LogP contribution in [0.3, 0.4) is 0 Å². The molecular formula is C12H14O6. The highest BCUT2D eigenvalue weighted by atomic mass is 17.2. The number of rotatable bonds is 2. The van der Waals surface area contributed by atoms with Crippen molar-refractivity contribution in [2.45, 2.75) is 13.3 Å². The Bertz CT molecular complexity index is 429. The molecule has 0 saturated carbocycles. The lowest BCUT2D eigenvalue weighted by Crippen LogP contribution is -2.03. The molecule has 1 saturated heterocycles. The van der Waals surface area contributed by atoms with Gasteiger partial charge in [-0.1, -0.05) is 6.07 Å². The minimum Gasteiger partial charge on any atom is -0.478 e. The molecule has 98 valence electrons. The number of carboxylic acids is 2. The van der Waals surface area contributed by atoms with E-state index in [9.17, 15) is 9.59 Å². The Kier molecular flexibility index (Phi) is 5.29. The molecule has 1 aliphatic heterocycles. The van der Waals surface area contributed by atoms with Crippen molar-refractivity contribution in [3.8, 4) is 0 Å². The predicted octanol–water partition coefficient (Wildman–Crippen LogP) is 1.73. The van der Waals surface area contributed by atoms with Gasteiger partial charge in [0.15, 0.2) is 0 Å². The summed E-state index contributed by atoms with van der Waals surface area (Å²) in [6.07, 6.45) is 1.06. The van der Waals surface area contributed by atoms with E-state index in [0.717, 1.165) is 25.7 Å². The summed E-state index contributed by atoms with van der Waals surface area (Å²) in [6.45, 7) is 3.18. The molecule has 2 rings (SSSR count). The Balaban J connectivity index is 0.000000269. The lowest BCUT2D eigenvalue weighted by Gasteiger charge is -2.01. The van der Waals surface area contributed by atoms with Crippen molar-refractivity contribution in [2.24, 2.45) is 0 Å². The Morgan fingerprint density at radius 3 is 2.11 bits per heavy atom. The first-order valence-electron chi connectivity index (χ1n) is 5.34. The maximum atomic E-state index is 10.6. The van der Waals surface area contributed by atoms with Gasteiger partial charge in [-0.05, 0) is 24.6 Å². The van der Waals surface area contributed by atoms with Gasteiger partial charge in [0.25, 0.3) is 0 Å². The first kappa shape index (κ1) is 14.1. The van der Waals surface area contributed by atoms with Crippen molar-refractivity contribution < 1.29 is 29.6 Å². The number of aryl methyl sites for hydroxylation is 1. The topological polar surface area (TPSA) is 93.1 Å². The summed E-state index contributed by atoms with van der Waals surface area (Å²) >= 11 is 0. The Hall–Kier alpha value is -1.92. The van der Waals surface area contributed by atoms with E-state index < -0.39 is 11.9 Å². The molecule has 1 aromatic carbocycles. The highest BCUT2D eigenvalue weighted by Gasteiger charge is 2.10. The molecule has 1 heterocycles. The smallest absolute Gasteiger partial charge is 0.335 e. The summed E-state index contributed by atoms with van der Waals surface area (Å²) in [4.78, 5) is 30.0. The maximum Gasteiger partial charge on any atom is 0.335 e. The fourth-order valence-corrected chi connectivity index (χ4v) is 1.28. The normalized spacial score (nSPS) is 13.6. The summed E-state index contributed by atoms with van der Waals surface area (Å²) in [5.74, 6) is -2.23. The number of carbonyl (C=O) groups is 2. The largest absolute Gasteiger partial charge is 0.478 e. The van der Waals surface area contributed by atoms with Crippen LogP contribution in [0.15, 0.2) is 18.2 Å². The molecule has 0 aliphatic carbocycles. The molecule has 0 radical (unpaired) electrons. The molecule has 0 unspecified atom stereocenters. The first-order valence-corrected chi connectivity index (χ1v) is 5.34. The standard InChI is InChI=1S/C9H8O4.C3H6O2/c1-5-2-3-6(8(10)11)4-7(5)9(12)13;1-2-4-5-3-1/h2-4H,1H3,(H,10,11)(H,12,13);1-3H2. The van der Waals surface area contributed by atoms with E-state index in [1.807, 2.05) is 0 Å². The number of hydrogen-bond donors (Lipinski definition) is 2. The first-order chi connectivity index (χ1) is 8.52. The van der Waals surface area contributed by atoms with Gasteiger partial charge in [0.05, 0.1) is 24.3 Å². The molecule has 18 heavy (non-hydrogen) atoms. The van der Waals surface area contributed by atoms with Crippen LogP contribution in [0.25, 0.3) is 0 Å². The molecule has 0 bridgehead atoms. The van der Waals surface area contributed by atoms with Crippen LogP contribution in [0.4, 0.5) is 0 Å². The molecule has 1 fully saturated rings. The van der Waals surface area contributed by atoms with Gasteiger partial charge in [-0.25, -0.2) is 19.4 Å². The van der Waals surface area contributed by atoms with Crippen LogP contribution >= 0.6 is 0 Å². The quantitative estimate of drug-likeness (QED) is 0.781. The molecule has 1 aliphatic rings. The maximum absolute atomic E-state index is 10.6. The second-order valence-electron chi connectivity index (χ2n) is 3.64. The Morgan fingerprint density at radius 2 is 1.72 bits per heavy atom. The van der Waals surface area contributed by atoms with E-state index in [1.165, 1.54) is 12.1 Å². The summed E-state index contributed by atoms with van der Waals surface area (Å²) < 4.78 is 0. The molecular weight excluding hydrogens is 240 g/mol. The Labute approximate surface area is 104 Å². The third-order valence-corrected chi connectivity index (χ3v) is 2.25. The van der Waals surface area contributed by atoms with Gasteiger partial charge in [-0.15, -0.1) is 0 Å². The average molecular weight is 254 g/mol. The van der Waals surface area contributed by atoms with E-state index >= 15 is 0 Å². The van der Waals surface area contributed by atoms with Crippen LogP contribution in [0, 0.1) is 6.92 Å². The monoisotopic (exact) mass is 254 g/mol. The van der Waals surface area contributed by atoms with Crippen LogP contribution in [0.2, 0.25) is 0 Å². The minimum atomic E-state index is -1.12. The fourth-order valence-electron chi connectivity index (χ4n) is 1.28. The summed E-state index contributed by atoms with van der Waals surface area (Å²) in [5, 5.41) is 17.3. The van der Waals surface area contributed by atoms with Gasteiger partial charge in [0, 0.05) is 6.42 Å². The molecule has 0 atom stereocenters. The van der Waals surface area contributed by atoms with Crippen LogP contribution in [0.1, 0.15) is 32.7 Å². The van der Waals surface area contributed by atoms with Crippen molar-refractivity contribution in [1.82, 2.24) is 0 Å². The molecule has 6 heteroatoms. The molecule has 0 aromatic heterocycles. The Morgan fingerprint density at radius 1 is 1.11 bits per heavy atom. The minimum absolute atomic E-state index is 0.0111.